The fraction of sp³-hybridized carbons (Fsp3) is 0.296. The van der Waals surface area contributed by atoms with Crippen molar-refractivity contribution in [2.45, 2.75) is 19.6 Å². The Kier molecular flexibility index (Phi) is 9.10. The molecule has 0 saturated heterocycles. The van der Waals surface area contributed by atoms with Crippen molar-refractivity contribution >= 4 is 23.5 Å². The highest BCUT2D eigenvalue weighted by Crippen LogP contribution is 2.35. The van der Waals surface area contributed by atoms with Crippen LogP contribution < -0.4 is 21.1 Å². The first-order valence-corrected chi connectivity index (χ1v) is 12.1. The number of nitrogens with zero attached hydrogens (tertiary/aromatic N) is 3. The molecule has 1 aliphatic heterocycles. The van der Waals surface area contributed by atoms with Crippen molar-refractivity contribution in [1.82, 2.24) is 15.1 Å². The molecule has 1 heterocycles. The third-order valence-electron chi connectivity index (χ3n) is 5.94. The van der Waals surface area contributed by atoms with Gasteiger partial charge in [-0.2, -0.15) is 18.2 Å². The highest BCUT2D eigenvalue weighted by molar-refractivity contribution is 6.01. The first-order chi connectivity index (χ1) is 18.7. The largest absolute Gasteiger partial charge is 0.506 e. The molecule has 1 aliphatic rings. The average Bonchev–Trinajstić information content (AvgIpc) is 3.14. The minimum absolute atomic E-state index is 0.00694. The quantitative estimate of drug-likeness (QED) is 0.122. The lowest BCUT2D eigenvalue weighted by Gasteiger charge is -2.16. The highest BCUT2D eigenvalue weighted by Gasteiger charge is 2.37. The van der Waals surface area contributed by atoms with Crippen LogP contribution in [0.25, 0.3) is 0 Å². The molecule has 3 rings (SSSR count). The van der Waals surface area contributed by atoms with Gasteiger partial charge in [-0.3, -0.25) is 9.59 Å². The number of hydrogen-bond acceptors (Lipinski definition) is 6. The lowest BCUT2D eigenvalue weighted by molar-refractivity contribution is -0.0905. The van der Waals surface area contributed by atoms with E-state index in [4.69, 9.17) is 10.5 Å². The molecule has 0 bridgehead atoms. The molecule has 5 N–H and O–H groups in total. The number of amides is 2. The molecule has 0 radical (unpaired) electrons. The van der Waals surface area contributed by atoms with Crippen LogP contribution in [0.1, 0.15) is 31.8 Å². The number of phenolic OH excluding ortho intramolecular Hbond substituents is 1. The van der Waals surface area contributed by atoms with Gasteiger partial charge in [0.25, 0.3) is 11.8 Å². The van der Waals surface area contributed by atoms with E-state index in [-0.39, 0.29) is 34.9 Å². The molecule has 0 spiro atoms. The predicted octanol–water partition coefficient (Wildman–Crippen LogP) is 3.34. The zero-order valence-corrected chi connectivity index (χ0v) is 22.5. The van der Waals surface area contributed by atoms with Gasteiger partial charge < -0.3 is 36.0 Å². The van der Waals surface area contributed by atoms with Gasteiger partial charge in [0.1, 0.15) is 17.1 Å². The van der Waals surface area contributed by atoms with Crippen molar-refractivity contribution in [3.63, 3.8) is 0 Å². The molecule has 2 aromatic carbocycles. The number of carbonyl (C=O) groups is 2. The Balaban J connectivity index is 1.94. The van der Waals surface area contributed by atoms with Crippen LogP contribution in [0.15, 0.2) is 59.4 Å². The number of allylic oxidation sites excluding steroid dienone is 2. The summed E-state index contributed by atoms with van der Waals surface area (Å²) in [7, 11) is 5.28. The second-order valence-corrected chi connectivity index (χ2v) is 9.34. The summed E-state index contributed by atoms with van der Waals surface area (Å²) in [5, 5.41) is 15.8. The zero-order chi connectivity index (χ0) is 29.8. The van der Waals surface area contributed by atoms with E-state index in [1.165, 1.54) is 23.1 Å². The third kappa shape index (κ3) is 6.91. The fourth-order valence-electron chi connectivity index (χ4n) is 3.93. The standard InChI is InChI=1S/C27H31F3N6O4/c1-6-18(27(28,29)30)24(40-21-9-7-8-16-14-36(5)25(39)22(16)21)34-26(31)33-19-12-15(2)17(13-20(19)37)23(38)32-10-11-35(3)4/h6-9,12-13,37H,1,10-11,14H2,2-5H3,(H,32,38)(H3,31,33,34)/b24-18-. The van der Waals surface area contributed by atoms with Gasteiger partial charge in [-0.15, -0.1) is 0 Å². The molecule has 0 atom stereocenters. The van der Waals surface area contributed by atoms with Gasteiger partial charge in [-0.05, 0) is 50.3 Å². The predicted molar refractivity (Wildman–Crippen MR) is 145 cm³/mol. The van der Waals surface area contributed by atoms with Gasteiger partial charge in [0.15, 0.2) is 0 Å². The molecule has 0 fully saturated rings. The van der Waals surface area contributed by atoms with Crippen LogP contribution in [0, 0.1) is 6.92 Å². The Labute approximate surface area is 229 Å². The summed E-state index contributed by atoms with van der Waals surface area (Å²) in [5.41, 5.74) is 5.95. The maximum absolute atomic E-state index is 13.8. The number of carbonyl (C=O) groups excluding carboxylic acids is 2. The Morgan fingerprint density at radius 1 is 1.32 bits per heavy atom. The van der Waals surface area contributed by atoms with Crippen molar-refractivity contribution in [2.24, 2.45) is 10.7 Å². The number of aliphatic imine (C=N–C) groups is 1. The van der Waals surface area contributed by atoms with Crippen molar-refractivity contribution in [2.75, 3.05) is 39.5 Å². The van der Waals surface area contributed by atoms with Crippen molar-refractivity contribution < 1.29 is 32.6 Å². The number of benzene rings is 2. The summed E-state index contributed by atoms with van der Waals surface area (Å²) in [6.07, 6.45) is -4.39. The molecule has 0 saturated carbocycles. The van der Waals surface area contributed by atoms with Crippen LogP contribution in [-0.2, 0) is 6.54 Å². The summed E-state index contributed by atoms with van der Waals surface area (Å²) in [6, 6.07) is 7.18. The summed E-state index contributed by atoms with van der Waals surface area (Å²) >= 11 is 0. The molecule has 10 nitrogen and oxygen atoms in total. The van der Waals surface area contributed by atoms with E-state index in [1.54, 1.807) is 26.1 Å². The molecule has 2 aromatic rings. The number of anilines is 1. The number of halogens is 3. The van der Waals surface area contributed by atoms with E-state index in [0.717, 1.165) is 0 Å². The highest BCUT2D eigenvalue weighted by atomic mass is 19.4. The van der Waals surface area contributed by atoms with E-state index in [1.807, 2.05) is 19.0 Å². The van der Waals surface area contributed by atoms with Crippen LogP contribution in [0.5, 0.6) is 11.5 Å². The maximum atomic E-state index is 13.8. The first-order valence-electron chi connectivity index (χ1n) is 12.1. The number of ether oxygens (including phenoxy) is 1. The summed E-state index contributed by atoms with van der Waals surface area (Å²) in [5.74, 6) is -2.87. The zero-order valence-electron chi connectivity index (χ0n) is 22.5. The smallest absolute Gasteiger partial charge is 0.421 e. The number of rotatable bonds is 9. The molecule has 214 valence electrons. The number of nitrogens with one attached hydrogen (secondary N) is 2. The second kappa shape index (κ2) is 12.1. The van der Waals surface area contributed by atoms with Crippen molar-refractivity contribution in [3.8, 4) is 11.5 Å². The van der Waals surface area contributed by atoms with Crippen LogP contribution in [0.2, 0.25) is 0 Å². The Hall–Kier alpha value is -4.52. The molecule has 2 amide bonds. The summed E-state index contributed by atoms with van der Waals surface area (Å²) < 4.78 is 47.1. The molecular formula is C27H31F3N6O4. The second-order valence-electron chi connectivity index (χ2n) is 9.34. The fourth-order valence-corrected chi connectivity index (χ4v) is 3.93. The SMILES string of the molecule is C=C/C(=C(\N=C(/N)Nc1cc(C)c(C(=O)NCCN(C)C)cc1O)Oc1cccc2c1C(=O)N(C)C2)C(F)(F)F. The van der Waals surface area contributed by atoms with Gasteiger partial charge in [0.05, 0.1) is 11.3 Å². The Bertz CT molecular complexity index is 1390. The number of phenols is 1. The number of likely N-dealkylation sites (N-methyl/N-ethyl adjacent to an activating group) is 1. The van der Waals surface area contributed by atoms with Crippen LogP contribution in [-0.4, -0.2) is 73.1 Å². The van der Waals surface area contributed by atoms with E-state index < -0.39 is 35.4 Å². The lowest BCUT2D eigenvalue weighted by Crippen LogP contribution is -2.31. The number of aryl methyl sites for hydroxylation is 1. The molecule has 40 heavy (non-hydrogen) atoms. The number of fused-ring (bicyclic) bond motifs is 1. The summed E-state index contributed by atoms with van der Waals surface area (Å²) in [6.45, 7) is 6.11. The van der Waals surface area contributed by atoms with Gasteiger partial charge in [0.2, 0.25) is 11.8 Å². The average molecular weight is 561 g/mol. The first kappa shape index (κ1) is 30.0. The number of hydrogen-bond donors (Lipinski definition) is 4. The van der Waals surface area contributed by atoms with E-state index in [0.29, 0.717) is 30.3 Å². The molecule has 0 aliphatic carbocycles. The van der Waals surface area contributed by atoms with E-state index >= 15 is 0 Å². The molecule has 13 heteroatoms. The Morgan fingerprint density at radius 2 is 2.02 bits per heavy atom. The van der Waals surface area contributed by atoms with Crippen LogP contribution in [0.4, 0.5) is 18.9 Å². The minimum Gasteiger partial charge on any atom is -0.506 e. The van der Waals surface area contributed by atoms with Gasteiger partial charge in [-0.1, -0.05) is 24.8 Å². The number of guanidine groups is 1. The minimum atomic E-state index is -4.92. The number of aromatic hydroxyl groups is 1. The van der Waals surface area contributed by atoms with E-state index in [9.17, 15) is 27.9 Å². The lowest BCUT2D eigenvalue weighted by atomic mass is 10.1. The number of nitrogens with two attached hydrogens (primary N) is 1. The summed E-state index contributed by atoms with van der Waals surface area (Å²) in [4.78, 5) is 32.2. The monoisotopic (exact) mass is 560 g/mol. The maximum Gasteiger partial charge on any atom is 0.421 e. The van der Waals surface area contributed by atoms with Crippen LogP contribution in [0.3, 0.4) is 0 Å². The normalized spacial score (nSPS) is 14.2. The molecule has 0 aromatic heterocycles. The topological polar surface area (TPSA) is 133 Å². The van der Waals surface area contributed by atoms with Crippen LogP contribution >= 0.6 is 0 Å². The van der Waals surface area contributed by atoms with Crippen molar-refractivity contribution in [3.05, 3.63) is 76.7 Å². The third-order valence-corrected chi connectivity index (χ3v) is 5.94. The Morgan fingerprint density at radius 3 is 2.65 bits per heavy atom. The van der Waals surface area contributed by atoms with Crippen molar-refractivity contribution in [1.29, 1.82) is 0 Å². The molecule has 0 unspecified atom stereocenters. The number of alkyl halides is 3. The van der Waals surface area contributed by atoms with Gasteiger partial charge in [-0.25, -0.2) is 0 Å². The van der Waals surface area contributed by atoms with E-state index in [2.05, 4.69) is 22.2 Å². The molecular weight excluding hydrogens is 529 g/mol. The van der Waals surface area contributed by atoms with Gasteiger partial charge in [0, 0.05) is 32.2 Å². The van der Waals surface area contributed by atoms with Gasteiger partial charge >= 0.3 is 6.18 Å².